The van der Waals surface area contributed by atoms with Crippen molar-refractivity contribution in [2.24, 2.45) is 0 Å². The number of benzene rings is 1. The van der Waals surface area contributed by atoms with Crippen LogP contribution in [-0.4, -0.2) is 68.6 Å². The number of aliphatic hydroxyl groups is 4. The molecule has 29 heavy (non-hydrogen) atoms. The number of aryl methyl sites for hydroxylation is 1. The van der Waals surface area contributed by atoms with Gasteiger partial charge in [-0.15, -0.1) is 0 Å². The van der Waals surface area contributed by atoms with Crippen molar-refractivity contribution in [3.8, 4) is 11.5 Å². The predicted molar refractivity (Wildman–Crippen MR) is 97.7 cm³/mol. The summed E-state index contributed by atoms with van der Waals surface area (Å²) in [6.07, 6.45) is -7.71. The van der Waals surface area contributed by atoms with E-state index >= 15 is 0 Å². The largest absolute Gasteiger partial charge is 0.504 e. The number of aromatic hydroxyl groups is 1. The molecule has 2 aromatic rings. The maximum atomic E-state index is 12.5. The van der Waals surface area contributed by atoms with Crippen LogP contribution in [0, 0.1) is 6.92 Å². The van der Waals surface area contributed by atoms with Crippen molar-refractivity contribution in [2.45, 2.75) is 51.0 Å². The van der Waals surface area contributed by atoms with E-state index in [0.29, 0.717) is 0 Å². The van der Waals surface area contributed by atoms with Crippen molar-refractivity contribution in [2.75, 3.05) is 6.61 Å². The second kappa shape index (κ2) is 8.09. The lowest BCUT2D eigenvalue weighted by molar-refractivity contribution is -0.277. The summed E-state index contributed by atoms with van der Waals surface area (Å²) in [5.41, 5.74) is -0.233. The van der Waals surface area contributed by atoms with E-state index in [1.54, 1.807) is 0 Å². The number of ether oxygens (including phenoxy) is 2. The van der Waals surface area contributed by atoms with Crippen LogP contribution in [0.4, 0.5) is 0 Å². The van der Waals surface area contributed by atoms with Gasteiger partial charge in [-0.2, -0.15) is 0 Å². The lowest BCUT2D eigenvalue weighted by Gasteiger charge is -2.39. The fraction of sp³-hybridized carbons (Fsp3) is 0.474. The molecule has 0 spiro atoms. The van der Waals surface area contributed by atoms with Crippen molar-refractivity contribution < 1.29 is 44.2 Å². The van der Waals surface area contributed by atoms with E-state index in [1.807, 2.05) is 0 Å². The number of carbonyl (C=O) groups excluding carboxylic acids is 1. The molecule has 1 aromatic heterocycles. The van der Waals surface area contributed by atoms with Gasteiger partial charge in [0.25, 0.3) is 0 Å². The lowest BCUT2D eigenvalue weighted by Crippen LogP contribution is -2.60. The highest BCUT2D eigenvalue weighted by molar-refractivity contribution is 5.85. The molecule has 0 bridgehead atoms. The van der Waals surface area contributed by atoms with Crippen LogP contribution >= 0.6 is 0 Å². The van der Waals surface area contributed by atoms with Gasteiger partial charge in [-0.05, 0) is 13.8 Å². The summed E-state index contributed by atoms with van der Waals surface area (Å²) < 4.78 is 16.3. The zero-order chi connectivity index (χ0) is 21.5. The molecule has 1 saturated heterocycles. The summed E-state index contributed by atoms with van der Waals surface area (Å²) in [7, 11) is 0. The van der Waals surface area contributed by atoms with Crippen molar-refractivity contribution in [1.29, 1.82) is 0 Å². The molecular weight excluding hydrogens is 388 g/mol. The molecule has 1 aliphatic heterocycles. The average Bonchev–Trinajstić information content (AvgIpc) is 2.63. The van der Waals surface area contributed by atoms with Crippen LogP contribution in [0.15, 0.2) is 21.3 Å². The summed E-state index contributed by atoms with van der Waals surface area (Å²) in [6, 6.07) is 2.30. The minimum Gasteiger partial charge on any atom is -0.504 e. The van der Waals surface area contributed by atoms with Crippen molar-refractivity contribution in [3.05, 3.63) is 33.7 Å². The molecular formula is C19H22O10. The molecule has 0 amide bonds. The van der Waals surface area contributed by atoms with Gasteiger partial charge in [0.2, 0.25) is 6.29 Å². The first-order valence-corrected chi connectivity index (χ1v) is 8.90. The van der Waals surface area contributed by atoms with Crippen LogP contribution in [0.3, 0.4) is 0 Å². The van der Waals surface area contributed by atoms with Crippen LogP contribution in [0.5, 0.6) is 11.5 Å². The van der Waals surface area contributed by atoms with E-state index in [2.05, 4.69) is 0 Å². The van der Waals surface area contributed by atoms with Gasteiger partial charge in [-0.3, -0.25) is 9.59 Å². The minimum atomic E-state index is -1.68. The number of aliphatic hydroxyl groups excluding tert-OH is 4. The first-order valence-electron chi connectivity index (χ1n) is 8.90. The van der Waals surface area contributed by atoms with E-state index < -0.39 is 48.5 Å². The molecule has 1 aromatic carbocycles. The van der Waals surface area contributed by atoms with E-state index in [9.17, 15) is 35.1 Å². The van der Waals surface area contributed by atoms with Gasteiger partial charge in [-0.1, -0.05) is 0 Å². The third-order valence-electron chi connectivity index (χ3n) is 4.75. The molecule has 10 nitrogen and oxygen atoms in total. The number of ketones is 1. The van der Waals surface area contributed by atoms with Gasteiger partial charge < -0.3 is 39.4 Å². The van der Waals surface area contributed by atoms with Crippen molar-refractivity contribution in [1.82, 2.24) is 0 Å². The summed E-state index contributed by atoms with van der Waals surface area (Å²) in [5.74, 6) is -0.684. The Bertz CT molecular complexity index is 979. The Kier molecular flexibility index (Phi) is 5.92. The molecule has 10 heteroatoms. The summed E-state index contributed by atoms with van der Waals surface area (Å²) in [4.78, 5) is 23.8. The van der Waals surface area contributed by atoms with Crippen LogP contribution in [0.2, 0.25) is 0 Å². The van der Waals surface area contributed by atoms with Crippen LogP contribution in [0.1, 0.15) is 18.2 Å². The second-order valence-corrected chi connectivity index (χ2v) is 6.99. The fourth-order valence-electron chi connectivity index (χ4n) is 3.29. The van der Waals surface area contributed by atoms with Gasteiger partial charge in [0, 0.05) is 17.7 Å². The van der Waals surface area contributed by atoms with Crippen LogP contribution < -0.4 is 10.2 Å². The zero-order valence-electron chi connectivity index (χ0n) is 15.7. The third-order valence-corrected chi connectivity index (χ3v) is 4.75. The Morgan fingerprint density at radius 1 is 1.17 bits per heavy atom. The second-order valence-electron chi connectivity index (χ2n) is 6.99. The first kappa shape index (κ1) is 21.2. The van der Waals surface area contributed by atoms with Gasteiger partial charge in [0.15, 0.2) is 16.9 Å². The molecule has 5 atom stereocenters. The molecule has 3 rings (SSSR count). The van der Waals surface area contributed by atoms with Gasteiger partial charge in [0.1, 0.15) is 41.5 Å². The summed E-state index contributed by atoms with van der Waals surface area (Å²) in [6.45, 7) is 2.18. The number of hydrogen-bond donors (Lipinski definition) is 5. The van der Waals surface area contributed by atoms with Gasteiger partial charge >= 0.3 is 0 Å². The number of phenolic OH excluding ortho intramolecular Hbond substituents is 1. The molecule has 0 saturated carbocycles. The number of phenols is 1. The molecule has 1 fully saturated rings. The normalized spacial score (nSPS) is 27.2. The average molecular weight is 410 g/mol. The molecule has 2 heterocycles. The fourth-order valence-corrected chi connectivity index (χ4v) is 3.29. The lowest BCUT2D eigenvalue weighted by atomic mass is 9.99. The summed E-state index contributed by atoms with van der Waals surface area (Å²) >= 11 is 0. The SMILES string of the molecule is CC(=O)Cc1cc(=O)c2c(C)c(OC3OC(CO)C(O)C(O)C3O)c(O)cc2o1. The molecule has 0 aliphatic carbocycles. The van der Waals surface area contributed by atoms with E-state index in [0.717, 1.165) is 6.07 Å². The Labute approximate surface area is 164 Å². The minimum absolute atomic E-state index is 0.0462. The van der Waals surface area contributed by atoms with Crippen molar-refractivity contribution in [3.63, 3.8) is 0 Å². The van der Waals surface area contributed by atoms with Crippen molar-refractivity contribution >= 4 is 16.8 Å². The standard InChI is InChI=1S/C19H22O10/c1-7(21)3-9-4-10(22)14-8(2)18(11(23)5-12(14)27-9)29-19-17(26)16(25)15(24)13(6-20)28-19/h4-5,13,15-17,19-20,23-26H,3,6H2,1-2H3. The summed E-state index contributed by atoms with van der Waals surface area (Å²) in [5, 5.41) is 49.5. The molecule has 5 unspecified atom stereocenters. The number of carbonyl (C=O) groups is 1. The predicted octanol–water partition coefficient (Wildman–Crippen LogP) is -0.883. The Balaban J connectivity index is 2.01. The Morgan fingerprint density at radius 2 is 1.86 bits per heavy atom. The number of fused-ring (bicyclic) bond motifs is 1. The topological polar surface area (TPSA) is 167 Å². The molecule has 158 valence electrons. The van der Waals surface area contributed by atoms with Gasteiger partial charge in [-0.25, -0.2) is 0 Å². The van der Waals surface area contributed by atoms with Gasteiger partial charge in [0.05, 0.1) is 18.4 Å². The van der Waals surface area contributed by atoms with E-state index in [4.69, 9.17) is 13.9 Å². The molecule has 1 aliphatic rings. The highest BCUT2D eigenvalue weighted by atomic mass is 16.7. The number of hydrogen-bond acceptors (Lipinski definition) is 10. The monoisotopic (exact) mass is 410 g/mol. The maximum Gasteiger partial charge on any atom is 0.229 e. The number of Topliss-reactive ketones (excluding diaryl/α,β-unsaturated/α-hetero) is 1. The van der Waals surface area contributed by atoms with Crippen LogP contribution in [-0.2, 0) is 16.0 Å². The third kappa shape index (κ3) is 3.98. The molecule has 5 N–H and O–H groups in total. The number of rotatable bonds is 5. The maximum absolute atomic E-state index is 12.5. The smallest absolute Gasteiger partial charge is 0.229 e. The zero-order valence-corrected chi connectivity index (χ0v) is 15.7. The quantitative estimate of drug-likeness (QED) is 0.417. The van der Waals surface area contributed by atoms with E-state index in [-0.39, 0.29) is 40.2 Å². The van der Waals surface area contributed by atoms with Crippen LogP contribution in [0.25, 0.3) is 11.0 Å². The Morgan fingerprint density at radius 3 is 2.48 bits per heavy atom. The molecule has 0 radical (unpaired) electrons. The van der Waals surface area contributed by atoms with E-state index in [1.165, 1.54) is 19.9 Å². The first-order chi connectivity index (χ1) is 13.6. The highest BCUT2D eigenvalue weighted by Crippen LogP contribution is 2.37. The Hall–Kier alpha value is -2.50. The highest BCUT2D eigenvalue weighted by Gasteiger charge is 2.45.